The minimum Gasteiger partial charge on any atom is -0.497 e. The first-order valence-electron chi connectivity index (χ1n) is 9.85. The molecule has 1 amide bonds. The van der Waals surface area contributed by atoms with Crippen LogP contribution in [0.3, 0.4) is 0 Å². The molecule has 3 rings (SSSR count). The summed E-state index contributed by atoms with van der Waals surface area (Å²) in [5.74, 6) is 2.07. The lowest BCUT2D eigenvalue weighted by Gasteiger charge is -2.18. The Balaban J connectivity index is 1.55. The lowest BCUT2D eigenvalue weighted by Crippen LogP contribution is -2.45. The van der Waals surface area contributed by atoms with Crippen LogP contribution in [-0.4, -0.2) is 37.2 Å². The average Bonchev–Trinajstić information content (AvgIpc) is 3.32. The first kappa shape index (κ1) is 22.9. The molecule has 1 atom stereocenters. The fourth-order valence-corrected chi connectivity index (χ4v) is 4.59. The third kappa shape index (κ3) is 7.77. The van der Waals surface area contributed by atoms with Gasteiger partial charge in [0.1, 0.15) is 11.5 Å². The van der Waals surface area contributed by atoms with Crippen molar-refractivity contribution in [1.82, 2.24) is 5.32 Å². The maximum absolute atomic E-state index is 12.9. The summed E-state index contributed by atoms with van der Waals surface area (Å²) in [6.45, 7) is -0.160. The number of carbonyl (C=O) groups excluding carboxylic acids is 2. The molecule has 7 heteroatoms. The molecule has 0 bridgehead atoms. The topological polar surface area (TPSA) is 64.6 Å². The standard InChI is InChI=1S/C24H25NO4S2/c1-28-20-7-9-21(10-8-20)29-14-24(27)25-22(13-18-5-3-2-4-6-18)23(26)17-31-16-19-11-12-30-15-19/h2-12,15,22H,13-14,16-17H2,1H3,(H,25,27). The molecule has 1 aromatic heterocycles. The van der Waals surface area contributed by atoms with E-state index in [9.17, 15) is 9.59 Å². The number of ether oxygens (including phenoxy) is 2. The van der Waals surface area contributed by atoms with E-state index in [1.165, 1.54) is 5.56 Å². The number of amides is 1. The first-order valence-corrected chi connectivity index (χ1v) is 12.0. The molecule has 1 heterocycles. The van der Waals surface area contributed by atoms with E-state index in [-0.39, 0.29) is 18.3 Å². The van der Waals surface area contributed by atoms with Crippen LogP contribution in [0.1, 0.15) is 11.1 Å². The van der Waals surface area contributed by atoms with Gasteiger partial charge in [-0.3, -0.25) is 9.59 Å². The molecule has 0 aliphatic rings. The zero-order valence-electron chi connectivity index (χ0n) is 17.3. The second-order valence-corrected chi connectivity index (χ2v) is 8.63. The first-order chi connectivity index (χ1) is 15.1. The molecular formula is C24H25NO4S2. The Morgan fingerprint density at radius 2 is 1.74 bits per heavy atom. The van der Waals surface area contributed by atoms with Crippen molar-refractivity contribution in [2.75, 3.05) is 19.5 Å². The van der Waals surface area contributed by atoms with Gasteiger partial charge in [-0.1, -0.05) is 30.3 Å². The van der Waals surface area contributed by atoms with Gasteiger partial charge in [-0.2, -0.15) is 11.3 Å². The molecule has 31 heavy (non-hydrogen) atoms. The summed E-state index contributed by atoms with van der Waals surface area (Å²) >= 11 is 3.21. The van der Waals surface area contributed by atoms with Crippen LogP contribution < -0.4 is 14.8 Å². The number of thiophene rings is 1. The van der Waals surface area contributed by atoms with Crippen LogP contribution in [0.4, 0.5) is 0 Å². The van der Waals surface area contributed by atoms with E-state index in [1.807, 2.05) is 35.7 Å². The minimum atomic E-state index is -0.593. The van der Waals surface area contributed by atoms with E-state index in [0.29, 0.717) is 23.7 Å². The van der Waals surface area contributed by atoms with Crippen molar-refractivity contribution in [3.63, 3.8) is 0 Å². The number of hydrogen-bond acceptors (Lipinski definition) is 6. The Morgan fingerprint density at radius 3 is 2.42 bits per heavy atom. The molecule has 1 N–H and O–H groups in total. The Kier molecular flexibility index (Phi) is 8.99. The van der Waals surface area contributed by atoms with Gasteiger partial charge in [-0.15, -0.1) is 11.8 Å². The van der Waals surface area contributed by atoms with Crippen LogP contribution in [-0.2, 0) is 21.8 Å². The molecule has 0 saturated heterocycles. The van der Waals surface area contributed by atoms with E-state index < -0.39 is 6.04 Å². The molecule has 162 valence electrons. The fourth-order valence-electron chi connectivity index (χ4n) is 2.90. The summed E-state index contributed by atoms with van der Waals surface area (Å²) in [5, 5.41) is 6.96. The molecule has 1 unspecified atom stereocenters. The molecule has 0 aliphatic heterocycles. The molecule has 5 nitrogen and oxygen atoms in total. The van der Waals surface area contributed by atoms with Crippen LogP contribution in [0.2, 0.25) is 0 Å². The van der Waals surface area contributed by atoms with Gasteiger partial charge in [0.05, 0.1) is 18.9 Å². The molecule has 0 radical (unpaired) electrons. The largest absolute Gasteiger partial charge is 0.497 e. The number of hydrogen-bond donors (Lipinski definition) is 1. The number of Topliss-reactive ketones (excluding diaryl/α,β-unsaturated/α-hetero) is 1. The summed E-state index contributed by atoms with van der Waals surface area (Å²) in [6, 6.07) is 18.2. The van der Waals surface area contributed by atoms with Crippen LogP contribution in [0.15, 0.2) is 71.4 Å². The zero-order chi connectivity index (χ0) is 21.9. The summed E-state index contributed by atoms with van der Waals surface area (Å²) < 4.78 is 10.7. The van der Waals surface area contributed by atoms with Crippen molar-refractivity contribution in [2.45, 2.75) is 18.2 Å². The van der Waals surface area contributed by atoms with E-state index in [0.717, 1.165) is 11.3 Å². The molecule has 0 aliphatic carbocycles. The fraction of sp³-hybridized carbons (Fsp3) is 0.250. The van der Waals surface area contributed by atoms with Crippen LogP contribution in [0.5, 0.6) is 11.5 Å². The molecule has 0 saturated carbocycles. The Bertz CT molecular complexity index is 943. The average molecular weight is 456 g/mol. The summed E-state index contributed by atoms with van der Waals surface area (Å²) in [7, 11) is 1.59. The van der Waals surface area contributed by atoms with Crippen molar-refractivity contribution in [1.29, 1.82) is 0 Å². The van der Waals surface area contributed by atoms with Gasteiger partial charge < -0.3 is 14.8 Å². The van der Waals surface area contributed by atoms with Crippen LogP contribution in [0, 0.1) is 0 Å². The lowest BCUT2D eigenvalue weighted by atomic mass is 10.0. The van der Waals surface area contributed by atoms with Gasteiger partial charge in [0.25, 0.3) is 5.91 Å². The van der Waals surface area contributed by atoms with E-state index in [4.69, 9.17) is 9.47 Å². The van der Waals surface area contributed by atoms with Crippen LogP contribution >= 0.6 is 23.1 Å². The van der Waals surface area contributed by atoms with E-state index in [2.05, 4.69) is 16.8 Å². The van der Waals surface area contributed by atoms with Crippen LogP contribution in [0.25, 0.3) is 0 Å². The van der Waals surface area contributed by atoms with Gasteiger partial charge in [0.15, 0.2) is 12.4 Å². The SMILES string of the molecule is COc1ccc(OCC(=O)NC(Cc2ccccc2)C(=O)CSCc2ccsc2)cc1. The van der Waals surface area contributed by atoms with E-state index in [1.54, 1.807) is 54.5 Å². The van der Waals surface area contributed by atoms with E-state index >= 15 is 0 Å². The Hall–Kier alpha value is -2.77. The highest BCUT2D eigenvalue weighted by molar-refractivity contribution is 7.99. The number of benzene rings is 2. The Labute approximate surface area is 190 Å². The van der Waals surface area contributed by atoms with Crippen molar-refractivity contribution in [3.05, 3.63) is 82.6 Å². The van der Waals surface area contributed by atoms with Crippen molar-refractivity contribution in [2.24, 2.45) is 0 Å². The quantitative estimate of drug-likeness (QED) is 0.439. The van der Waals surface area contributed by atoms with Gasteiger partial charge in [0, 0.05) is 5.75 Å². The van der Waals surface area contributed by atoms with Gasteiger partial charge >= 0.3 is 0 Å². The molecule has 0 spiro atoms. The highest BCUT2D eigenvalue weighted by Crippen LogP contribution is 2.18. The second-order valence-electron chi connectivity index (χ2n) is 6.86. The summed E-state index contributed by atoms with van der Waals surface area (Å²) in [6.07, 6.45) is 0.451. The zero-order valence-corrected chi connectivity index (χ0v) is 18.9. The maximum atomic E-state index is 12.9. The number of methoxy groups -OCH3 is 1. The number of thioether (sulfide) groups is 1. The highest BCUT2D eigenvalue weighted by Gasteiger charge is 2.21. The predicted octanol–water partition coefficient (Wildman–Crippen LogP) is 4.37. The van der Waals surface area contributed by atoms with Gasteiger partial charge in [-0.25, -0.2) is 0 Å². The summed E-state index contributed by atoms with van der Waals surface area (Å²) in [4.78, 5) is 25.4. The molecular weight excluding hydrogens is 430 g/mol. The third-order valence-corrected chi connectivity index (χ3v) is 6.29. The smallest absolute Gasteiger partial charge is 0.258 e. The minimum absolute atomic E-state index is 0.00174. The lowest BCUT2D eigenvalue weighted by molar-refractivity contribution is -0.128. The number of ketones is 1. The van der Waals surface area contributed by atoms with Crippen molar-refractivity contribution >= 4 is 34.8 Å². The number of carbonyl (C=O) groups is 2. The number of rotatable bonds is 12. The monoisotopic (exact) mass is 455 g/mol. The molecule has 2 aromatic carbocycles. The predicted molar refractivity (Wildman–Crippen MR) is 126 cm³/mol. The van der Waals surface area contributed by atoms with Crippen molar-refractivity contribution < 1.29 is 19.1 Å². The number of nitrogens with one attached hydrogen (secondary N) is 1. The molecule has 3 aromatic rings. The maximum Gasteiger partial charge on any atom is 0.258 e. The van der Waals surface area contributed by atoms with Gasteiger partial charge in [-0.05, 0) is 58.6 Å². The van der Waals surface area contributed by atoms with Gasteiger partial charge in [0.2, 0.25) is 0 Å². The molecule has 0 fully saturated rings. The Morgan fingerprint density at radius 1 is 1.00 bits per heavy atom. The third-order valence-electron chi connectivity index (χ3n) is 4.53. The summed E-state index contributed by atoms with van der Waals surface area (Å²) in [5.41, 5.74) is 2.21. The second kappa shape index (κ2) is 12.2. The highest BCUT2D eigenvalue weighted by atomic mass is 32.2. The van der Waals surface area contributed by atoms with Crippen molar-refractivity contribution in [3.8, 4) is 11.5 Å². The normalized spacial score (nSPS) is 11.5.